The third kappa shape index (κ3) is 5.98. The normalized spacial score (nSPS) is 14.8. The maximum absolute atomic E-state index is 12.4. The van der Waals surface area contributed by atoms with E-state index in [-0.39, 0.29) is 36.3 Å². The van der Waals surface area contributed by atoms with Crippen molar-refractivity contribution in [2.45, 2.75) is 6.42 Å². The predicted molar refractivity (Wildman–Crippen MR) is 124 cm³/mol. The van der Waals surface area contributed by atoms with E-state index >= 15 is 0 Å². The number of anilines is 1. The van der Waals surface area contributed by atoms with Gasteiger partial charge in [0.15, 0.2) is 5.76 Å². The molecule has 1 aromatic heterocycles. The molecule has 9 nitrogen and oxygen atoms in total. The average Bonchev–Trinajstić information content (AvgIpc) is 3.25. The lowest BCUT2D eigenvalue weighted by molar-refractivity contribution is -0.120. The van der Waals surface area contributed by atoms with E-state index in [1.807, 2.05) is 18.2 Å². The molecule has 10 heteroatoms. The number of ether oxygens (including phenoxy) is 1. The highest BCUT2D eigenvalue weighted by Gasteiger charge is 2.24. The molecule has 2 aromatic carbocycles. The lowest BCUT2D eigenvalue weighted by Gasteiger charge is -2.26. The van der Waals surface area contributed by atoms with Crippen LogP contribution in [0.25, 0.3) is 11.0 Å². The molecule has 174 valence electrons. The van der Waals surface area contributed by atoms with E-state index in [2.05, 4.69) is 10.6 Å². The second-order valence-corrected chi connectivity index (χ2v) is 9.74. The van der Waals surface area contributed by atoms with Crippen molar-refractivity contribution >= 4 is 38.5 Å². The second kappa shape index (κ2) is 10.2. The number of sulfonamides is 1. The molecule has 0 unspecified atom stereocenters. The highest BCUT2D eigenvalue weighted by molar-refractivity contribution is 7.89. The smallest absolute Gasteiger partial charge is 0.291 e. The Balaban J connectivity index is 1.25. The number of carbonyl (C=O) groups excluding carboxylic acids is 2. The largest absolute Gasteiger partial charge is 0.451 e. The van der Waals surface area contributed by atoms with Gasteiger partial charge in [-0.2, -0.15) is 4.31 Å². The molecule has 0 aliphatic carbocycles. The summed E-state index contributed by atoms with van der Waals surface area (Å²) in [6, 6.07) is 15.9. The number of hydrogen-bond acceptors (Lipinski definition) is 6. The first kappa shape index (κ1) is 23.0. The summed E-state index contributed by atoms with van der Waals surface area (Å²) >= 11 is 0. The number of furan rings is 1. The zero-order valence-electron chi connectivity index (χ0n) is 18.0. The Morgan fingerprint density at radius 1 is 1.00 bits per heavy atom. The molecule has 1 saturated heterocycles. The summed E-state index contributed by atoms with van der Waals surface area (Å²) in [5.74, 6) is -0.568. The van der Waals surface area contributed by atoms with Crippen LogP contribution in [0.4, 0.5) is 5.69 Å². The van der Waals surface area contributed by atoms with Crippen molar-refractivity contribution in [1.82, 2.24) is 9.62 Å². The monoisotopic (exact) mass is 471 g/mol. The molecule has 0 spiro atoms. The molecule has 0 radical (unpaired) electrons. The summed E-state index contributed by atoms with van der Waals surface area (Å²) in [4.78, 5) is 24.6. The number of para-hydroxylation sites is 1. The molecule has 1 aliphatic rings. The fourth-order valence-corrected chi connectivity index (χ4v) is 4.84. The van der Waals surface area contributed by atoms with Gasteiger partial charge >= 0.3 is 0 Å². The molecule has 1 aliphatic heterocycles. The first-order chi connectivity index (χ1) is 15.9. The number of nitrogens with zero attached hydrogens (tertiary/aromatic N) is 1. The van der Waals surface area contributed by atoms with E-state index in [4.69, 9.17) is 9.15 Å². The van der Waals surface area contributed by atoms with Gasteiger partial charge in [-0.15, -0.1) is 0 Å². The molecule has 33 heavy (non-hydrogen) atoms. The molecule has 0 atom stereocenters. The number of benzene rings is 2. The molecule has 3 aromatic rings. The standard InChI is InChI=1S/C23H25N3O6S/c27-22(24-9-14-33(29,30)26-10-12-31-13-11-26)15-17-5-7-19(8-6-17)25-23(28)21-16-18-3-1-2-4-20(18)32-21/h1-8,16H,9-15H2,(H,24,27)(H,25,28). The van der Waals surface area contributed by atoms with Crippen LogP contribution in [0.2, 0.25) is 0 Å². The van der Waals surface area contributed by atoms with E-state index in [0.29, 0.717) is 37.6 Å². The summed E-state index contributed by atoms with van der Waals surface area (Å²) in [7, 11) is -3.41. The van der Waals surface area contributed by atoms with E-state index in [1.165, 1.54) is 4.31 Å². The van der Waals surface area contributed by atoms with Crippen molar-refractivity contribution in [2.24, 2.45) is 0 Å². The number of carbonyl (C=O) groups is 2. The van der Waals surface area contributed by atoms with E-state index in [9.17, 15) is 18.0 Å². The third-order valence-electron chi connectivity index (χ3n) is 5.27. The van der Waals surface area contributed by atoms with Crippen LogP contribution in [0.15, 0.2) is 59.0 Å². The van der Waals surface area contributed by atoms with Crippen molar-refractivity contribution < 1.29 is 27.2 Å². The summed E-state index contributed by atoms with van der Waals surface area (Å²) in [6.45, 7) is 1.51. The van der Waals surface area contributed by atoms with Crippen LogP contribution in [-0.2, 0) is 26.0 Å². The van der Waals surface area contributed by atoms with Crippen LogP contribution >= 0.6 is 0 Å². The van der Waals surface area contributed by atoms with Crippen molar-refractivity contribution in [3.05, 3.63) is 65.9 Å². The summed E-state index contributed by atoms with van der Waals surface area (Å²) in [5.41, 5.74) is 1.95. The van der Waals surface area contributed by atoms with Gasteiger partial charge in [-0.05, 0) is 29.8 Å². The Morgan fingerprint density at radius 3 is 2.45 bits per heavy atom. The van der Waals surface area contributed by atoms with Crippen LogP contribution in [0.1, 0.15) is 16.1 Å². The number of fused-ring (bicyclic) bond motifs is 1. The first-order valence-electron chi connectivity index (χ1n) is 10.6. The maximum atomic E-state index is 12.4. The molecule has 0 bridgehead atoms. The van der Waals surface area contributed by atoms with Crippen molar-refractivity contribution in [2.75, 3.05) is 43.9 Å². The number of rotatable bonds is 8. The van der Waals surface area contributed by atoms with E-state index in [1.54, 1.807) is 36.4 Å². The highest BCUT2D eigenvalue weighted by atomic mass is 32.2. The van der Waals surface area contributed by atoms with Gasteiger partial charge in [0.2, 0.25) is 15.9 Å². The van der Waals surface area contributed by atoms with E-state index in [0.717, 1.165) is 10.9 Å². The predicted octanol–water partition coefficient (Wildman–Crippen LogP) is 2.01. The van der Waals surface area contributed by atoms with Gasteiger partial charge in [-0.3, -0.25) is 9.59 Å². The molecule has 4 rings (SSSR count). The van der Waals surface area contributed by atoms with Crippen LogP contribution < -0.4 is 10.6 Å². The molecule has 2 N–H and O–H groups in total. The van der Waals surface area contributed by atoms with E-state index < -0.39 is 10.0 Å². The summed E-state index contributed by atoms with van der Waals surface area (Å²) in [6.07, 6.45) is 0.107. The number of amides is 2. The molecule has 2 heterocycles. The Morgan fingerprint density at radius 2 is 1.73 bits per heavy atom. The van der Waals surface area contributed by atoms with Crippen LogP contribution in [0.5, 0.6) is 0 Å². The highest BCUT2D eigenvalue weighted by Crippen LogP contribution is 2.20. The van der Waals surface area contributed by atoms with Gasteiger partial charge in [0.05, 0.1) is 25.4 Å². The van der Waals surface area contributed by atoms with Gasteiger partial charge in [-0.1, -0.05) is 30.3 Å². The van der Waals surface area contributed by atoms with Crippen molar-refractivity contribution in [3.63, 3.8) is 0 Å². The molecule has 2 amide bonds. The summed E-state index contributed by atoms with van der Waals surface area (Å²) in [5, 5.41) is 6.27. The summed E-state index contributed by atoms with van der Waals surface area (Å²) < 4.78 is 36.7. The second-order valence-electron chi connectivity index (χ2n) is 7.65. The lowest BCUT2D eigenvalue weighted by atomic mass is 10.1. The molecule has 1 fully saturated rings. The van der Waals surface area contributed by atoms with Crippen molar-refractivity contribution in [3.8, 4) is 0 Å². The number of morpholine rings is 1. The Bertz CT molecular complexity index is 1200. The van der Waals surface area contributed by atoms with Gasteiger partial charge in [0, 0.05) is 30.7 Å². The minimum absolute atomic E-state index is 0.0458. The number of hydrogen-bond donors (Lipinski definition) is 2. The van der Waals surface area contributed by atoms with Crippen molar-refractivity contribution in [1.29, 1.82) is 0 Å². The average molecular weight is 472 g/mol. The van der Waals surface area contributed by atoms with Gasteiger partial charge in [-0.25, -0.2) is 8.42 Å². The molecular weight excluding hydrogens is 446 g/mol. The Labute approximate surface area is 191 Å². The zero-order chi connectivity index (χ0) is 23.3. The number of nitrogens with one attached hydrogen (secondary N) is 2. The quantitative estimate of drug-likeness (QED) is 0.519. The Hall–Kier alpha value is -3.21. The first-order valence-corrected chi connectivity index (χ1v) is 12.2. The minimum Gasteiger partial charge on any atom is -0.451 e. The lowest BCUT2D eigenvalue weighted by Crippen LogP contribution is -2.43. The minimum atomic E-state index is -3.41. The Kier molecular flexibility index (Phi) is 7.07. The zero-order valence-corrected chi connectivity index (χ0v) is 18.8. The van der Waals surface area contributed by atoms with Crippen LogP contribution in [0.3, 0.4) is 0 Å². The van der Waals surface area contributed by atoms with Crippen LogP contribution in [0, 0.1) is 0 Å². The van der Waals surface area contributed by atoms with Gasteiger partial charge in [0.25, 0.3) is 5.91 Å². The molecular formula is C23H25N3O6S. The molecule has 0 saturated carbocycles. The van der Waals surface area contributed by atoms with Crippen LogP contribution in [-0.4, -0.2) is 63.1 Å². The fraction of sp³-hybridized carbons (Fsp3) is 0.304. The third-order valence-corrected chi connectivity index (χ3v) is 7.14. The topological polar surface area (TPSA) is 118 Å². The fourth-order valence-electron chi connectivity index (χ4n) is 3.51. The SMILES string of the molecule is O=C(Cc1ccc(NC(=O)c2cc3ccccc3o2)cc1)NCCS(=O)(=O)N1CCOCC1. The van der Waals surface area contributed by atoms with Gasteiger partial charge in [0.1, 0.15) is 5.58 Å². The maximum Gasteiger partial charge on any atom is 0.291 e. The van der Waals surface area contributed by atoms with Gasteiger partial charge < -0.3 is 19.8 Å².